The van der Waals surface area contributed by atoms with Gasteiger partial charge in [0.05, 0.1) is 11.0 Å². The molecule has 1 aromatic heterocycles. The predicted octanol–water partition coefficient (Wildman–Crippen LogP) is 20.8. The molecule has 1 nitrogen and oxygen atoms in total. The van der Waals surface area contributed by atoms with Crippen LogP contribution in [-0.4, -0.2) is 12.6 Å². The highest BCUT2D eigenvalue weighted by atomic mass is 28.3. The highest BCUT2D eigenvalue weighted by Crippen LogP contribution is 2.42. The molecule has 0 amide bonds. The van der Waals surface area contributed by atoms with Crippen LogP contribution in [0.5, 0.6) is 0 Å². The van der Waals surface area contributed by atoms with Crippen LogP contribution in [0.2, 0.25) is 0 Å². The summed E-state index contributed by atoms with van der Waals surface area (Å²) in [5.74, 6) is 0. The molecule has 0 fully saturated rings. The van der Waals surface area contributed by atoms with Gasteiger partial charge in [-0.2, -0.15) is 0 Å². The lowest BCUT2D eigenvalue weighted by molar-refractivity contribution is 1.18. The molecule has 2 heteroatoms. The third-order valence-corrected chi connectivity index (χ3v) is 24.4. The fourth-order valence-electron chi connectivity index (χ4n) is 15.2. The van der Waals surface area contributed by atoms with E-state index in [2.05, 4.69) is 350 Å². The number of fused-ring (bicyclic) bond motifs is 12. The van der Waals surface area contributed by atoms with Gasteiger partial charge in [0.15, 0.2) is 8.07 Å². The first-order valence-corrected chi connectivity index (χ1v) is 33.3. The topological polar surface area (TPSA) is 4.93 Å². The van der Waals surface area contributed by atoms with E-state index in [0.29, 0.717) is 0 Å². The van der Waals surface area contributed by atoms with Crippen molar-refractivity contribution in [3.63, 3.8) is 0 Å². The van der Waals surface area contributed by atoms with Crippen molar-refractivity contribution in [3.05, 3.63) is 346 Å². The number of aromatic nitrogens is 1. The summed E-state index contributed by atoms with van der Waals surface area (Å²) in [5.41, 5.74) is 20.7. The largest absolute Gasteiger partial charge is 0.309 e. The predicted molar refractivity (Wildman–Crippen MR) is 386 cm³/mol. The van der Waals surface area contributed by atoms with Crippen LogP contribution in [0, 0.1) is 0 Å². The maximum atomic E-state index is 2.55. The molecule has 16 aromatic carbocycles. The number of rotatable bonds is 9. The van der Waals surface area contributed by atoms with E-state index >= 15 is 0 Å². The fraction of sp³-hybridized carbons (Fsp3) is 0. The van der Waals surface area contributed by atoms with Gasteiger partial charge in [0.25, 0.3) is 0 Å². The summed E-state index contributed by atoms with van der Waals surface area (Å²) in [7, 11) is -2.76. The third kappa shape index (κ3) is 8.23. The fourth-order valence-corrected chi connectivity index (χ4v) is 20.4. The molecule has 0 saturated heterocycles. The van der Waals surface area contributed by atoms with Crippen molar-refractivity contribution >= 4 is 93.7 Å². The van der Waals surface area contributed by atoms with Crippen molar-refractivity contribution < 1.29 is 0 Å². The van der Waals surface area contributed by atoms with Crippen LogP contribution in [0.1, 0.15) is 0 Å². The first-order chi connectivity index (χ1) is 44.6. The quantitative estimate of drug-likeness (QED) is 0.100. The van der Waals surface area contributed by atoms with Crippen LogP contribution < -0.4 is 20.7 Å². The molecule has 0 radical (unpaired) electrons. The zero-order chi connectivity index (χ0) is 59.3. The molecule has 0 spiro atoms. The van der Waals surface area contributed by atoms with Crippen molar-refractivity contribution in [2.75, 3.05) is 0 Å². The van der Waals surface area contributed by atoms with E-state index in [1.54, 1.807) is 0 Å². The Labute approximate surface area is 524 Å². The van der Waals surface area contributed by atoms with E-state index < -0.39 is 8.07 Å². The van der Waals surface area contributed by atoms with Crippen molar-refractivity contribution in [1.29, 1.82) is 0 Å². The Balaban J connectivity index is 0.733. The first kappa shape index (κ1) is 51.8. The summed E-state index contributed by atoms with van der Waals surface area (Å²) in [6.45, 7) is 0. The zero-order valence-electron chi connectivity index (χ0n) is 49.4. The molecule has 2 heterocycles. The Morgan fingerprint density at radius 3 is 0.989 bits per heavy atom. The Bertz CT molecular complexity index is 5360. The van der Waals surface area contributed by atoms with E-state index in [1.807, 2.05) is 0 Å². The van der Waals surface area contributed by atoms with Crippen molar-refractivity contribution in [1.82, 2.24) is 4.57 Å². The molecule has 90 heavy (non-hydrogen) atoms. The van der Waals surface area contributed by atoms with E-state index in [1.165, 1.54) is 169 Å². The van der Waals surface area contributed by atoms with E-state index in [-0.39, 0.29) is 0 Å². The van der Waals surface area contributed by atoms with E-state index in [9.17, 15) is 0 Å². The molecule has 0 unspecified atom stereocenters. The number of benzene rings is 16. The number of nitrogens with zero attached hydrogens (tertiary/aromatic N) is 1. The summed E-state index contributed by atoms with van der Waals surface area (Å²) in [6.07, 6.45) is 0. The second-order valence-corrected chi connectivity index (χ2v) is 28.0. The Morgan fingerprint density at radius 2 is 0.533 bits per heavy atom. The molecule has 0 N–H and O–H groups in total. The maximum Gasteiger partial charge on any atom is 0.180 e. The lowest BCUT2D eigenvalue weighted by Crippen LogP contribution is -2.72. The van der Waals surface area contributed by atoms with Crippen LogP contribution in [-0.2, 0) is 0 Å². The monoisotopic (exact) mass is 1160 g/mol. The second-order valence-electron chi connectivity index (χ2n) is 24.2. The molecule has 418 valence electrons. The molecular weight excluding hydrogens is 1100 g/mol. The summed E-state index contributed by atoms with van der Waals surface area (Å²) < 4.78 is 2.53. The minimum Gasteiger partial charge on any atom is -0.309 e. The molecule has 0 bridgehead atoms. The van der Waals surface area contributed by atoms with Crippen LogP contribution in [0.15, 0.2) is 346 Å². The molecular formula is C88H57NSi. The SMILES string of the molecule is c1ccc([Si]2(c3ccccc3)c3ccccc3-c3ccc(-n4c5ccc(-c6ccc(-c7ccc(-c8cc9ccccc9c9ccccc89)cc7)cc6)cc5c5cc(-c6ccc(-c7ccc(-c8cc9ccccc9c9ccccc89)cc7)cc6)ccc54)cc32)cc1. The van der Waals surface area contributed by atoms with Crippen LogP contribution in [0.25, 0.3) is 148 Å². The molecule has 0 saturated carbocycles. The van der Waals surface area contributed by atoms with Gasteiger partial charge >= 0.3 is 0 Å². The summed E-state index contributed by atoms with van der Waals surface area (Å²) >= 11 is 0. The molecule has 18 rings (SSSR count). The molecule has 0 atom stereocenters. The van der Waals surface area contributed by atoms with Crippen molar-refractivity contribution in [3.8, 4) is 83.6 Å². The molecule has 0 aliphatic carbocycles. The van der Waals surface area contributed by atoms with Crippen molar-refractivity contribution in [2.45, 2.75) is 0 Å². The first-order valence-electron chi connectivity index (χ1n) is 31.3. The minimum atomic E-state index is -2.76. The number of hydrogen-bond acceptors (Lipinski definition) is 0. The molecule has 1 aliphatic rings. The lowest BCUT2D eigenvalue weighted by Gasteiger charge is -2.31. The third-order valence-electron chi connectivity index (χ3n) is 19.5. The highest BCUT2D eigenvalue weighted by Gasteiger charge is 2.48. The summed E-state index contributed by atoms with van der Waals surface area (Å²) in [6, 6.07) is 130. The Kier molecular flexibility index (Phi) is 12.0. The minimum absolute atomic E-state index is 1.17. The van der Waals surface area contributed by atoms with Gasteiger partial charge in [-0.1, -0.05) is 297 Å². The van der Waals surface area contributed by atoms with E-state index in [4.69, 9.17) is 0 Å². The van der Waals surface area contributed by atoms with Crippen LogP contribution in [0.3, 0.4) is 0 Å². The smallest absolute Gasteiger partial charge is 0.180 e. The summed E-state index contributed by atoms with van der Waals surface area (Å²) in [4.78, 5) is 0. The molecule has 17 aromatic rings. The second kappa shape index (κ2) is 20.9. The lowest BCUT2D eigenvalue weighted by atomic mass is 9.92. The summed E-state index contributed by atoms with van der Waals surface area (Å²) in [5, 5.41) is 18.3. The van der Waals surface area contributed by atoms with Gasteiger partial charge in [-0.3, -0.25) is 0 Å². The average Bonchev–Trinajstić information content (AvgIpc) is 1.54. The van der Waals surface area contributed by atoms with Gasteiger partial charge in [-0.25, -0.2) is 0 Å². The zero-order valence-corrected chi connectivity index (χ0v) is 50.4. The van der Waals surface area contributed by atoms with Gasteiger partial charge < -0.3 is 4.57 Å². The molecule has 1 aliphatic heterocycles. The van der Waals surface area contributed by atoms with Gasteiger partial charge in [-0.05, 0) is 190 Å². The van der Waals surface area contributed by atoms with Gasteiger partial charge in [0.2, 0.25) is 0 Å². The standard InChI is InChI=1S/C88H57NSi/c1-3-19-71(20-4-1)90(72-21-5-2-6-22-72)87-30-16-15-29-79(87)80-50-49-70(57-88(80)90)89-85-51-47-66(62-35-31-58(32-36-62)60-39-43-64(44-40-60)81-55-68-17-7-9-23-73(68)75-25-11-13-27-77(75)81)53-83(85)84-54-67(48-52-86(84)89)63-37-33-59(34-38-63)61-41-45-65(46-42-61)82-56-69-18-8-10-24-74(69)76-26-12-14-28-78(76)82/h1-57H. The Morgan fingerprint density at radius 1 is 0.189 bits per heavy atom. The normalized spacial score (nSPS) is 12.5. The van der Waals surface area contributed by atoms with Crippen LogP contribution in [0.4, 0.5) is 0 Å². The number of hydrogen-bond donors (Lipinski definition) is 0. The maximum absolute atomic E-state index is 2.76. The van der Waals surface area contributed by atoms with Crippen molar-refractivity contribution in [2.24, 2.45) is 0 Å². The van der Waals surface area contributed by atoms with Gasteiger partial charge in [0.1, 0.15) is 0 Å². The van der Waals surface area contributed by atoms with Crippen LogP contribution >= 0.6 is 0 Å². The highest BCUT2D eigenvalue weighted by molar-refractivity contribution is 7.22. The van der Waals surface area contributed by atoms with E-state index in [0.717, 1.165) is 0 Å². The Hall–Kier alpha value is -11.4. The van der Waals surface area contributed by atoms with Gasteiger partial charge in [-0.15, -0.1) is 0 Å². The average molecular weight is 1160 g/mol. The van der Waals surface area contributed by atoms with Gasteiger partial charge in [0, 0.05) is 16.5 Å².